The van der Waals surface area contributed by atoms with Gasteiger partial charge in [-0.3, -0.25) is 0 Å². The molecule has 0 aromatic heterocycles. The Hall–Kier alpha value is -0.770. The van der Waals surface area contributed by atoms with Gasteiger partial charge in [0.05, 0.1) is 27.7 Å². The summed E-state index contributed by atoms with van der Waals surface area (Å²) in [4.78, 5) is 8.44. The van der Waals surface area contributed by atoms with Gasteiger partial charge >= 0.3 is 0 Å². The second kappa shape index (κ2) is 20.5. The Morgan fingerprint density at radius 3 is 1.12 bits per heavy atom. The van der Waals surface area contributed by atoms with Crippen molar-refractivity contribution in [2.24, 2.45) is 0 Å². The van der Waals surface area contributed by atoms with Gasteiger partial charge in [0.25, 0.3) is 0 Å². The molecule has 4 nitrogen and oxygen atoms in total. The van der Waals surface area contributed by atoms with Crippen molar-refractivity contribution in [2.75, 3.05) is 27.7 Å². The van der Waals surface area contributed by atoms with Crippen LogP contribution in [0.4, 0.5) is 4.79 Å². The Kier molecular flexibility index (Phi) is 21.7. The summed E-state index contributed by atoms with van der Waals surface area (Å²) in [5.41, 5.74) is 0. The quantitative estimate of drug-likeness (QED) is 0.257. The van der Waals surface area contributed by atoms with Crippen molar-refractivity contribution in [1.29, 1.82) is 0 Å². The monoisotopic (exact) mass is 373 g/mol. The molecular weight excluding hydrogens is 326 g/mol. The number of quaternary nitrogens is 1. The third-order valence-electron chi connectivity index (χ3n) is 4.68. The van der Waals surface area contributed by atoms with E-state index >= 15 is 0 Å². The van der Waals surface area contributed by atoms with Gasteiger partial charge in [0, 0.05) is 0 Å². The van der Waals surface area contributed by atoms with Crippen molar-refractivity contribution in [2.45, 2.75) is 110 Å². The van der Waals surface area contributed by atoms with Crippen molar-refractivity contribution in [3.63, 3.8) is 0 Å². The van der Waals surface area contributed by atoms with Crippen molar-refractivity contribution < 1.29 is 19.5 Å². The smallest absolute Gasteiger partial charge is 0.249 e. The van der Waals surface area contributed by atoms with E-state index in [1.807, 2.05) is 0 Å². The molecule has 0 spiro atoms. The molecule has 0 saturated carbocycles. The first-order chi connectivity index (χ1) is 12.3. The van der Waals surface area contributed by atoms with E-state index in [-0.39, 0.29) is 0 Å². The number of carboxylic acid groups (broad SMARTS) is 2. The van der Waals surface area contributed by atoms with Gasteiger partial charge < -0.3 is 19.5 Å². The molecule has 0 aromatic carbocycles. The lowest BCUT2D eigenvalue weighted by Crippen LogP contribution is -2.35. The molecule has 0 aliphatic carbocycles. The number of hydrogen-bond donors (Lipinski definition) is 1. The van der Waals surface area contributed by atoms with E-state index in [1.165, 1.54) is 109 Å². The maximum Gasteiger partial charge on any atom is 0.249 e. The highest BCUT2D eigenvalue weighted by Crippen LogP contribution is 2.13. The fourth-order valence-electron chi connectivity index (χ4n) is 3.13. The van der Waals surface area contributed by atoms with Gasteiger partial charge in [-0.25, -0.2) is 0 Å². The minimum atomic E-state index is -2.08. The molecule has 0 heterocycles. The maximum atomic E-state index is 8.44. The molecule has 158 valence electrons. The minimum absolute atomic E-state index is 1.12. The van der Waals surface area contributed by atoms with E-state index in [9.17, 15) is 0 Å². The van der Waals surface area contributed by atoms with Crippen LogP contribution >= 0.6 is 0 Å². The summed E-state index contributed by atoms with van der Waals surface area (Å²) in [5.74, 6) is 0. The molecule has 1 N–H and O–H groups in total. The SMILES string of the molecule is CCCCCCCCCCCCCCCCCC[N+](C)(C)C.O=C([O-])O. The summed E-state index contributed by atoms with van der Waals surface area (Å²) < 4.78 is 1.12. The summed E-state index contributed by atoms with van der Waals surface area (Å²) in [6, 6.07) is 0. The Morgan fingerprint density at radius 1 is 0.654 bits per heavy atom. The van der Waals surface area contributed by atoms with Crippen LogP contribution in [0.2, 0.25) is 0 Å². The number of unbranched alkanes of at least 4 members (excludes halogenated alkanes) is 15. The third-order valence-corrected chi connectivity index (χ3v) is 4.68. The molecular formula is C22H47NO3. The lowest BCUT2D eigenvalue weighted by atomic mass is 10.0. The Morgan fingerprint density at radius 2 is 0.885 bits per heavy atom. The fourth-order valence-corrected chi connectivity index (χ4v) is 3.13. The van der Waals surface area contributed by atoms with Crippen LogP contribution in [0.5, 0.6) is 0 Å². The van der Waals surface area contributed by atoms with Gasteiger partial charge in [-0.1, -0.05) is 96.8 Å². The number of carbonyl (C=O) groups is 1. The van der Waals surface area contributed by atoms with Crippen molar-refractivity contribution in [1.82, 2.24) is 0 Å². The largest absolute Gasteiger partial charge is 0.565 e. The Bertz CT molecular complexity index is 284. The molecule has 0 bridgehead atoms. The number of rotatable bonds is 17. The van der Waals surface area contributed by atoms with Crippen LogP contribution in [0.25, 0.3) is 0 Å². The van der Waals surface area contributed by atoms with Gasteiger partial charge in [0.1, 0.15) is 0 Å². The van der Waals surface area contributed by atoms with Crippen LogP contribution in [-0.4, -0.2) is 43.4 Å². The van der Waals surface area contributed by atoms with Gasteiger partial charge in [-0.05, 0) is 12.8 Å². The zero-order valence-corrected chi connectivity index (χ0v) is 18.2. The lowest BCUT2D eigenvalue weighted by molar-refractivity contribution is -0.870. The topological polar surface area (TPSA) is 60.4 Å². The van der Waals surface area contributed by atoms with Crippen LogP contribution in [0, 0.1) is 0 Å². The highest BCUT2D eigenvalue weighted by Gasteiger charge is 2.04. The summed E-state index contributed by atoms with van der Waals surface area (Å²) in [5, 5.41) is 15.3. The molecule has 0 unspecified atom stereocenters. The normalized spacial score (nSPS) is 11.1. The van der Waals surface area contributed by atoms with Crippen LogP contribution < -0.4 is 5.11 Å². The predicted molar refractivity (Wildman–Crippen MR) is 110 cm³/mol. The standard InChI is InChI=1S/C21H46N.CH2O3/c1-5-6-7-8-9-10-11-12-13-14-15-16-17-18-19-20-21-22(2,3)4;2-1(3)4/h5-21H2,1-4H3;(H2,2,3,4)/q+1;/p-1. The Labute approximate surface area is 163 Å². The summed E-state index contributed by atoms with van der Waals surface area (Å²) in [6.07, 6.45) is 21.3. The second-order valence-electron chi connectivity index (χ2n) is 8.58. The van der Waals surface area contributed by atoms with Crippen molar-refractivity contribution in [3.8, 4) is 0 Å². The first kappa shape index (κ1) is 27.4. The summed E-state index contributed by atoms with van der Waals surface area (Å²) in [6.45, 7) is 3.63. The van der Waals surface area contributed by atoms with E-state index < -0.39 is 6.16 Å². The zero-order valence-electron chi connectivity index (χ0n) is 18.2. The molecule has 0 aliphatic heterocycles. The number of hydrogen-bond acceptors (Lipinski definition) is 2. The van der Waals surface area contributed by atoms with Gasteiger partial charge in [0.2, 0.25) is 6.16 Å². The third kappa shape index (κ3) is 34.5. The molecule has 4 heteroatoms. The maximum absolute atomic E-state index is 8.44. The molecule has 0 radical (unpaired) electrons. The molecule has 0 rings (SSSR count). The average Bonchev–Trinajstić information content (AvgIpc) is 2.53. The molecule has 26 heavy (non-hydrogen) atoms. The lowest BCUT2D eigenvalue weighted by Gasteiger charge is -2.23. The molecule has 0 saturated heterocycles. The van der Waals surface area contributed by atoms with E-state index in [1.54, 1.807) is 0 Å². The zero-order chi connectivity index (χ0) is 20.1. The molecule has 0 aliphatic rings. The van der Waals surface area contributed by atoms with E-state index in [4.69, 9.17) is 15.0 Å². The molecule has 0 aromatic rings. The highest BCUT2D eigenvalue weighted by molar-refractivity contribution is 5.50. The molecule has 0 fully saturated rings. The van der Waals surface area contributed by atoms with Gasteiger partial charge in [0.15, 0.2) is 0 Å². The van der Waals surface area contributed by atoms with Crippen LogP contribution in [0.3, 0.4) is 0 Å². The predicted octanol–water partition coefficient (Wildman–Crippen LogP) is 5.84. The van der Waals surface area contributed by atoms with Crippen LogP contribution in [0.1, 0.15) is 110 Å². The van der Waals surface area contributed by atoms with Gasteiger partial charge in [-0.2, -0.15) is 0 Å². The van der Waals surface area contributed by atoms with Crippen LogP contribution in [0.15, 0.2) is 0 Å². The fraction of sp³-hybridized carbons (Fsp3) is 0.955. The van der Waals surface area contributed by atoms with Crippen molar-refractivity contribution >= 4 is 6.16 Å². The molecule has 0 atom stereocenters. The van der Waals surface area contributed by atoms with Gasteiger partial charge in [-0.15, -0.1) is 0 Å². The summed E-state index contributed by atoms with van der Waals surface area (Å²) >= 11 is 0. The summed E-state index contributed by atoms with van der Waals surface area (Å²) in [7, 11) is 6.89. The highest BCUT2D eigenvalue weighted by atomic mass is 16.6. The second-order valence-corrected chi connectivity index (χ2v) is 8.58. The van der Waals surface area contributed by atoms with E-state index in [2.05, 4.69) is 28.1 Å². The first-order valence-corrected chi connectivity index (χ1v) is 11.0. The van der Waals surface area contributed by atoms with Crippen LogP contribution in [-0.2, 0) is 0 Å². The van der Waals surface area contributed by atoms with Crippen molar-refractivity contribution in [3.05, 3.63) is 0 Å². The number of nitrogens with zero attached hydrogens (tertiary/aromatic N) is 1. The minimum Gasteiger partial charge on any atom is -0.565 e. The average molecular weight is 374 g/mol. The molecule has 0 amide bonds. The van der Waals surface area contributed by atoms with E-state index in [0.29, 0.717) is 0 Å². The first-order valence-electron chi connectivity index (χ1n) is 11.0. The van der Waals surface area contributed by atoms with E-state index in [0.717, 1.165) is 4.48 Å². The Balaban J connectivity index is 0.